The van der Waals surface area contributed by atoms with Crippen LogP contribution in [0.3, 0.4) is 0 Å². The van der Waals surface area contributed by atoms with Gasteiger partial charge in [0.15, 0.2) is 52.4 Å². The molecule has 71 heavy (non-hydrogen) atoms. The van der Waals surface area contributed by atoms with E-state index in [0.717, 1.165) is 6.07 Å². The zero-order valence-electron chi connectivity index (χ0n) is 40.9. The second-order valence-corrected chi connectivity index (χ2v) is 18.6. The minimum Gasteiger partial charge on any atom is -0.511 e. The minimum absolute atomic E-state index is 0.184. The molecule has 2 N–H and O–H groups in total. The molecule has 0 heterocycles. The van der Waals surface area contributed by atoms with Crippen LogP contribution < -0.4 is 26.8 Å². The average Bonchev–Trinajstić information content (AvgIpc) is 3.35. The van der Waals surface area contributed by atoms with Crippen molar-refractivity contribution in [3.05, 3.63) is 112 Å². The number of nitrogens with one attached hydrogen (secondary N) is 1. The highest BCUT2D eigenvalue weighted by Gasteiger charge is 2.50. The van der Waals surface area contributed by atoms with E-state index in [-0.39, 0.29) is 6.07 Å². The number of phenols is 1. The van der Waals surface area contributed by atoms with E-state index in [1.165, 1.54) is 167 Å². The van der Waals surface area contributed by atoms with Gasteiger partial charge in [-0.25, -0.2) is 65.9 Å². The zero-order valence-corrected chi connectivity index (χ0v) is 40.9. The quantitative estimate of drug-likeness (QED) is 0.0176. The topological polar surface area (TPSA) is 24.7 Å². The number of halogens is 15. The molecule has 0 unspecified atom stereocenters. The lowest BCUT2D eigenvalue weighted by atomic mass is 9.12. The Kier molecular flexibility index (Phi) is 26.3. The summed E-state index contributed by atoms with van der Waals surface area (Å²) < 4.78 is 221. The molecule has 0 amide bonds. The average molecular weight is 1030 g/mol. The third-order valence-corrected chi connectivity index (χ3v) is 13.3. The van der Waals surface area contributed by atoms with Crippen molar-refractivity contribution in [3.8, 4) is 5.75 Å². The van der Waals surface area contributed by atoms with Crippen LogP contribution in [0, 0.1) is 87.3 Å². The van der Waals surface area contributed by atoms with Crippen LogP contribution in [0.4, 0.5) is 65.9 Å². The molecular weight excluding hydrogens is 962 g/mol. The Balaban J connectivity index is 0.000000397. The highest BCUT2D eigenvalue weighted by Crippen LogP contribution is 2.30. The molecule has 0 aliphatic heterocycles. The number of rotatable bonds is 30. The summed E-state index contributed by atoms with van der Waals surface area (Å²) in [6.45, 7) is 7.40. The summed E-state index contributed by atoms with van der Waals surface area (Å²) in [5.74, 6) is -48.4. The van der Waals surface area contributed by atoms with Gasteiger partial charge in [-0.1, -0.05) is 160 Å². The summed E-state index contributed by atoms with van der Waals surface area (Å²) in [4.78, 5) is 1.77. The van der Waals surface area contributed by atoms with Gasteiger partial charge in [0.2, 0.25) is 0 Å². The molecule has 0 bridgehead atoms. The van der Waals surface area contributed by atoms with Crippen LogP contribution in [0.25, 0.3) is 0 Å². The van der Waals surface area contributed by atoms with Gasteiger partial charge < -0.3 is 10.0 Å². The zero-order chi connectivity index (χ0) is 52.8. The Morgan fingerprint density at radius 1 is 0.324 bits per heavy atom. The van der Waals surface area contributed by atoms with Crippen LogP contribution >= 0.6 is 0 Å². The van der Waals surface area contributed by atoms with Crippen molar-refractivity contribution >= 4 is 28.0 Å². The fraction of sp³-hybridized carbons (Fsp3) is 0.547. The van der Waals surface area contributed by atoms with Crippen molar-refractivity contribution < 1.29 is 75.9 Å². The Labute approximate surface area is 408 Å². The molecule has 2 nitrogen and oxygen atoms in total. The summed E-state index contributed by atoms with van der Waals surface area (Å²) in [6.07, 6.45) is 29.1. The summed E-state index contributed by atoms with van der Waals surface area (Å²) >= 11 is 0. The van der Waals surface area contributed by atoms with Gasteiger partial charge in [0, 0.05) is 0 Å². The van der Waals surface area contributed by atoms with Crippen molar-refractivity contribution in [2.75, 3.05) is 20.1 Å². The van der Waals surface area contributed by atoms with Crippen LogP contribution in [0.2, 0.25) is 0 Å². The minimum atomic E-state index is -5.99. The van der Waals surface area contributed by atoms with Gasteiger partial charge >= 0.3 is 0 Å². The van der Waals surface area contributed by atoms with Crippen LogP contribution in [0.5, 0.6) is 5.75 Å². The van der Waals surface area contributed by atoms with Gasteiger partial charge in [-0.2, -0.15) is 5.46 Å². The number of benzene rings is 4. The lowest BCUT2D eigenvalue weighted by Gasteiger charge is -2.44. The molecule has 0 saturated heterocycles. The third kappa shape index (κ3) is 15.6. The smallest absolute Gasteiger partial charge is 0.200 e. The lowest BCUT2D eigenvalue weighted by Crippen LogP contribution is -3.09. The number of phenolic OH excluding ortho intramolecular Hbond substituents is 1. The van der Waals surface area contributed by atoms with Gasteiger partial charge in [-0.15, -0.1) is 16.4 Å². The van der Waals surface area contributed by atoms with Gasteiger partial charge in [0.25, 0.3) is 0 Å². The fourth-order valence-electron chi connectivity index (χ4n) is 9.42. The Morgan fingerprint density at radius 3 is 0.775 bits per heavy atom. The summed E-state index contributed by atoms with van der Waals surface area (Å²) in [5, 5.41) is 10.5. The van der Waals surface area contributed by atoms with Crippen LogP contribution in [-0.2, 0) is 0 Å². The second-order valence-electron chi connectivity index (χ2n) is 18.6. The molecule has 0 spiro atoms. The molecule has 398 valence electrons. The molecule has 18 heteroatoms. The molecule has 0 fully saturated rings. The second kappa shape index (κ2) is 30.6. The van der Waals surface area contributed by atoms with E-state index in [1.54, 1.807) is 4.90 Å². The molecule has 0 aliphatic rings. The summed E-state index contributed by atoms with van der Waals surface area (Å²) in [7, 11) is 2.41. The molecule has 0 aliphatic carbocycles. The molecule has 4 aromatic rings. The van der Waals surface area contributed by atoms with E-state index >= 15 is 26.3 Å². The third-order valence-electron chi connectivity index (χ3n) is 13.3. The van der Waals surface area contributed by atoms with E-state index < -0.39 is 121 Å². The van der Waals surface area contributed by atoms with Gasteiger partial charge in [-0.05, 0) is 31.7 Å². The summed E-state index contributed by atoms with van der Waals surface area (Å²) in [5.41, 5.74) is -10.3. The Hall–Kier alpha value is -4.35. The SMILES string of the molecule is CCCCCCCCCCCCCC[NH+](C)CCCCCCCCCCCCCC.Oc1ccccc1[B-](c1c(F)c(F)c(F)c(F)c1F)(c1c(F)c(F)c(F)c(F)c1F)c1c(F)c(F)c(F)c(F)c1F. The maximum Gasteiger partial charge on any atom is 0.200 e. The number of aromatic hydroxyl groups is 1. The molecule has 0 atom stereocenters. The Bertz CT molecular complexity index is 2010. The largest absolute Gasteiger partial charge is 0.511 e. The van der Waals surface area contributed by atoms with Crippen molar-refractivity contribution in [2.45, 2.75) is 168 Å². The van der Waals surface area contributed by atoms with E-state index in [0.29, 0.717) is 12.1 Å². The van der Waals surface area contributed by atoms with E-state index in [2.05, 4.69) is 20.9 Å². The predicted molar refractivity (Wildman–Crippen MR) is 250 cm³/mol. The first-order valence-corrected chi connectivity index (χ1v) is 25.2. The van der Waals surface area contributed by atoms with Crippen molar-refractivity contribution in [3.63, 3.8) is 0 Å². The monoisotopic (exact) mass is 1030 g/mol. The number of unbranched alkanes of at least 4 members (excludes halogenated alkanes) is 22. The maximum absolute atomic E-state index is 15.4. The first-order valence-electron chi connectivity index (χ1n) is 25.2. The first-order chi connectivity index (χ1) is 33.9. The number of hydrogen-bond acceptors (Lipinski definition) is 1. The standard InChI is InChI=1S/C29H61N.C24H5BF15O/c1-4-6-8-10-12-14-16-18-20-22-24-26-28-30(3)29-27-25-23-21-19-17-15-13-11-9-7-5-2;26-10-7(11(27)17(33)22(38)16(10)32)25(5-3-1-2-4-6(5)41,8-12(28)18(34)23(39)19(35)13(8)29)9-14(30)20(36)24(40)21(37)15(9)31/h4-29H2,1-3H3;1-4,41H/q;-1/p+1. The highest BCUT2D eigenvalue weighted by atomic mass is 19.2. The highest BCUT2D eigenvalue weighted by molar-refractivity contribution is 7.20. The molecule has 0 radical (unpaired) electrons. The van der Waals surface area contributed by atoms with Gasteiger partial charge in [0.05, 0.1) is 25.9 Å². The van der Waals surface area contributed by atoms with E-state index in [4.69, 9.17) is 0 Å². The van der Waals surface area contributed by atoms with Crippen LogP contribution in [0.1, 0.15) is 168 Å². The van der Waals surface area contributed by atoms with Crippen LogP contribution in [-0.4, -0.2) is 31.4 Å². The molecular formula is C53H67BF15NO. The lowest BCUT2D eigenvalue weighted by molar-refractivity contribution is -0.880. The summed E-state index contributed by atoms with van der Waals surface area (Å²) in [6, 6.07) is 1.92. The van der Waals surface area contributed by atoms with Gasteiger partial charge in [-0.3, -0.25) is 0 Å². The number of para-hydroxylation sites is 1. The van der Waals surface area contributed by atoms with Crippen molar-refractivity contribution in [2.24, 2.45) is 0 Å². The molecule has 0 saturated carbocycles. The molecule has 4 aromatic carbocycles. The van der Waals surface area contributed by atoms with Gasteiger partial charge in [0.1, 0.15) is 41.0 Å². The normalized spacial score (nSPS) is 11.8. The maximum atomic E-state index is 15.4. The van der Waals surface area contributed by atoms with Crippen LogP contribution in [0.15, 0.2) is 24.3 Å². The van der Waals surface area contributed by atoms with Crippen molar-refractivity contribution in [1.29, 1.82) is 0 Å². The van der Waals surface area contributed by atoms with Crippen molar-refractivity contribution in [1.82, 2.24) is 0 Å². The van der Waals surface area contributed by atoms with E-state index in [9.17, 15) is 44.6 Å². The molecule has 0 aromatic heterocycles. The number of quaternary nitrogens is 1. The Morgan fingerprint density at radius 2 is 0.535 bits per heavy atom. The van der Waals surface area contributed by atoms with E-state index in [1.807, 2.05) is 0 Å². The molecule has 4 rings (SSSR count). The fourth-order valence-corrected chi connectivity index (χ4v) is 9.42. The number of hydrogen-bond donors (Lipinski definition) is 2. The first kappa shape index (κ1) is 61.0. The predicted octanol–water partition coefficient (Wildman–Crippen LogP) is 13.8.